The number of primary amides is 1. The van der Waals surface area contributed by atoms with Crippen LogP contribution in [-0.4, -0.2) is 23.4 Å². The molecule has 1 aromatic carbocycles. The number of nitrogens with zero attached hydrogens (tertiary/aromatic N) is 1. The van der Waals surface area contributed by atoms with Gasteiger partial charge in [0.2, 0.25) is 5.91 Å². The molecule has 0 saturated carbocycles. The average Bonchev–Trinajstić information content (AvgIpc) is 2.76. The van der Waals surface area contributed by atoms with E-state index in [9.17, 15) is 9.59 Å². The molecule has 1 aromatic heterocycles. The molecule has 5 nitrogen and oxygen atoms in total. The van der Waals surface area contributed by atoms with Crippen molar-refractivity contribution in [2.45, 2.75) is 26.3 Å². The van der Waals surface area contributed by atoms with E-state index < -0.39 is 0 Å². The quantitative estimate of drug-likeness (QED) is 0.820. The number of nitrogens with two attached hydrogens (primary N) is 1. The van der Waals surface area contributed by atoms with Crippen LogP contribution < -0.4 is 10.5 Å². The van der Waals surface area contributed by atoms with Crippen LogP contribution >= 0.6 is 0 Å². The Bertz CT molecular complexity index is 658. The number of hydrogen-bond donors (Lipinski definition) is 1. The summed E-state index contributed by atoms with van der Waals surface area (Å²) in [5.41, 5.74) is 6.77. The molecular weight excluding hydrogens is 256 g/mol. The second kappa shape index (κ2) is 5.77. The van der Waals surface area contributed by atoms with Crippen LogP contribution in [0.3, 0.4) is 0 Å². The SMILES string of the molecule is COc1ccc2c(c1)c(C(C)=O)cn2CCCC(N)=O. The van der Waals surface area contributed by atoms with Gasteiger partial charge >= 0.3 is 0 Å². The van der Waals surface area contributed by atoms with E-state index in [0.29, 0.717) is 24.9 Å². The van der Waals surface area contributed by atoms with Crippen LogP contribution in [0.4, 0.5) is 0 Å². The van der Waals surface area contributed by atoms with Crippen LogP contribution in [-0.2, 0) is 11.3 Å². The van der Waals surface area contributed by atoms with Gasteiger partial charge in [0.15, 0.2) is 5.78 Å². The summed E-state index contributed by atoms with van der Waals surface area (Å²) in [6.07, 6.45) is 2.82. The number of ether oxygens (including phenoxy) is 1. The Morgan fingerprint density at radius 2 is 2.10 bits per heavy atom. The summed E-state index contributed by atoms with van der Waals surface area (Å²) in [5, 5.41) is 0.871. The van der Waals surface area contributed by atoms with Gasteiger partial charge in [-0.2, -0.15) is 0 Å². The number of hydrogen-bond acceptors (Lipinski definition) is 3. The largest absolute Gasteiger partial charge is 0.497 e. The fourth-order valence-corrected chi connectivity index (χ4v) is 2.29. The minimum atomic E-state index is -0.310. The number of rotatable bonds is 6. The molecule has 20 heavy (non-hydrogen) atoms. The minimum absolute atomic E-state index is 0.0110. The molecule has 5 heteroatoms. The van der Waals surface area contributed by atoms with Gasteiger partial charge in [-0.25, -0.2) is 0 Å². The zero-order chi connectivity index (χ0) is 14.7. The summed E-state index contributed by atoms with van der Waals surface area (Å²) in [7, 11) is 1.60. The molecule has 0 spiro atoms. The van der Waals surface area contributed by atoms with E-state index >= 15 is 0 Å². The van der Waals surface area contributed by atoms with Crippen molar-refractivity contribution in [2.75, 3.05) is 7.11 Å². The van der Waals surface area contributed by atoms with Crippen LogP contribution in [0.25, 0.3) is 10.9 Å². The Morgan fingerprint density at radius 3 is 2.70 bits per heavy atom. The van der Waals surface area contributed by atoms with Crippen LogP contribution in [0.5, 0.6) is 5.75 Å². The molecular formula is C15H18N2O3. The van der Waals surface area contributed by atoms with Crippen molar-refractivity contribution in [3.63, 3.8) is 0 Å². The third kappa shape index (κ3) is 2.82. The Labute approximate surface area is 117 Å². The third-order valence-corrected chi connectivity index (χ3v) is 3.29. The van der Waals surface area contributed by atoms with E-state index in [1.165, 1.54) is 0 Å². The highest BCUT2D eigenvalue weighted by atomic mass is 16.5. The lowest BCUT2D eigenvalue weighted by atomic mass is 10.1. The van der Waals surface area contributed by atoms with Gasteiger partial charge in [0.25, 0.3) is 0 Å². The lowest BCUT2D eigenvalue weighted by molar-refractivity contribution is -0.118. The maximum Gasteiger partial charge on any atom is 0.217 e. The first kappa shape index (κ1) is 14.1. The van der Waals surface area contributed by atoms with Gasteiger partial charge < -0.3 is 15.0 Å². The highest BCUT2D eigenvalue weighted by Crippen LogP contribution is 2.26. The summed E-state index contributed by atoms with van der Waals surface area (Å²) < 4.78 is 7.18. The average molecular weight is 274 g/mol. The predicted molar refractivity (Wildman–Crippen MR) is 76.9 cm³/mol. The molecule has 0 unspecified atom stereocenters. The van der Waals surface area contributed by atoms with Crippen molar-refractivity contribution in [3.8, 4) is 5.75 Å². The topological polar surface area (TPSA) is 74.3 Å². The summed E-state index contributed by atoms with van der Waals surface area (Å²) in [6, 6.07) is 5.64. The smallest absolute Gasteiger partial charge is 0.217 e. The van der Waals surface area contributed by atoms with E-state index in [4.69, 9.17) is 10.5 Å². The van der Waals surface area contributed by atoms with Crippen molar-refractivity contribution in [1.82, 2.24) is 4.57 Å². The molecule has 0 saturated heterocycles. The van der Waals surface area contributed by atoms with Gasteiger partial charge in [-0.05, 0) is 31.5 Å². The molecule has 0 fully saturated rings. The van der Waals surface area contributed by atoms with Crippen molar-refractivity contribution in [2.24, 2.45) is 5.73 Å². The second-order valence-electron chi connectivity index (χ2n) is 4.75. The van der Waals surface area contributed by atoms with E-state index in [1.54, 1.807) is 14.0 Å². The standard InChI is InChI=1S/C15H18N2O3/c1-10(18)13-9-17(7-3-4-15(16)19)14-6-5-11(20-2)8-12(13)14/h5-6,8-9H,3-4,7H2,1-2H3,(H2,16,19). The number of aromatic nitrogens is 1. The summed E-state index contributed by atoms with van der Waals surface area (Å²) in [4.78, 5) is 22.5. The Kier molecular flexibility index (Phi) is 4.08. The molecule has 0 radical (unpaired) electrons. The maximum absolute atomic E-state index is 11.7. The van der Waals surface area contributed by atoms with Crippen LogP contribution in [0.2, 0.25) is 0 Å². The van der Waals surface area contributed by atoms with Gasteiger partial charge in [-0.3, -0.25) is 9.59 Å². The summed E-state index contributed by atoms with van der Waals surface area (Å²) in [6.45, 7) is 2.20. The minimum Gasteiger partial charge on any atom is -0.497 e. The number of ketones is 1. The molecule has 2 rings (SSSR count). The third-order valence-electron chi connectivity index (χ3n) is 3.29. The number of methoxy groups -OCH3 is 1. The van der Waals surface area contributed by atoms with Crippen molar-refractivity contribution in [1.29, 1.82) is 0 Å². The van der Waals surface area contributed by atoms with Crippen molar-refractivity contribution < 1.29 is 14.3 Å². The Morgan fingerprint density at radius 1 is 1.35 bits per heavy atom. The molecule has 2 N–H and O–H groups in total. The van der Waals surface area contributed by atoms with Gasteiger partial charge in [-0.1, -0.05) is 0 Å². The molecule has 0 aliphatic carbocycles. The second-order valence-corrected chi connectivity index (χ2v) is 4.75. The molecule has 0 bridgehead atoms. The lowest BCUT2D eigenvalue weighted by Crippen LogP contribution is -2.11. The van der Waals surface area contributed by atoms with Crippen LogP contribution in [0.15, 0.2) is 24.4 Å². The van der Waals surface area contributed by atoms with Crippen LogP contribution in [0, 0.1) is 0 Å². The van der Waals surface area contributed by atoms with Gasteiger partial charge in [0.05, 0.1) is 7.11 Å². The number of Topliss-reactive ketones (excluding diaryl/α,β-unsaturated/α-hetero) is 1. The first-order chi connectivity index (χ1) is 9.52. The molecule has 1 heterocycles. The number of aryl methyl sites for hydroxylation is 1. The van der Waals surface area contributed by atoms with Gasteiger partial charge in [0, 0.05) is 35.6 Å². The lowest BCUT2D eigenvalue weighted by Gasteiger charge is -2.05. The van der Waals surface area contributed by atoms with Crippen molar-refractivity contribution in [3.05, 3.63) is 30.0 Å². The van der Waals surface area contributed by atoms with E-state index in [1.807, 2.05) is 29.0 Å². The van der Waals surface area contributed by atoms with E-state index in [2.05, 4.69) is 0 Å². The Balaban J connectivity index is 2.40. The number of amides is 1. The Hall–Kier alpha value is -2.30. The van der Waals surface area contributed by atoms with E-state index in [-0.39, 0.29) is 11.7 Å². The van der Waals surface area contributed by atoms with E-state index in [0.717, 1.165) is 16.7 Å². The zero-order valence-corrected chi connectivity index (χ0v) is 11.7. The summed E-state index contributed by atoms with van der Waals surface area (Å²) in [5.74, 6) is 0.418. The highest BCUT2D eigenvalue weighted by molar-refractivity contribution is 6.07. The number of carbonyl (C=O) groups is 2. The van der Waals surface area contributed by atoms with Crippen molar-refractivity contribution >= 4 is 22.6 Å². The fraction of sp³-hybridized carbons (Fsp3) is 0.333. The molecule has 0 aliphatic rings. The first-order valence-electron chi connectivity index (χ1n) is 6.49. The first-order valence-corrected chi connectivity index (χ1v) is 6.49. The van der Waals surface area contributed by atoms with Gasteiger partial charge in [0.1, 0.15) is 5.75 Å². The molecule has 106 valence electrons. The maximum atomic E-state index is 11.7. The fourth-order valence-electron chi connectivity index (χ4n) is 2.29. The normalized spacial score (nSPS) is 10.7. The number of carbonyl (C=O) groups excluding carboxylic acids is 2. The summed E-state index contributed by atoms with van der Waals surface area (Å²) >= 11 is 0. The van der Waals surface area contributed by atoms with Crippen LogP contribution in [0.1, 0.15) is 30.1 Å². The van der Waals surface area contributed by atoms with Gasteiger partial charge in [-0.15, -0.1) is 0 Å². The highest BCUT2D eigenvalue weighted by Gasteiger charge is 2.12. The number of benzene rings is 1. The molecule has 0 aliphatic heterocycles. The monoisotopic (exact) mass is 274 g/mol. The molecule has 0 atom stereocenters. The predicted octanol–water partition coefficient (Wildman–Crippen LogP) is 2.12. The molecule has 1 amide bonds. The zero-order valence-electron chi connectivity index (χ0n) is 11.7. The number of fused-ring (bicyclic) bond motifs is 1. The molecule has 2 aromatic rings.